The SMILES string of the molecule is CCCC(CCC)=N/N=c1\sc2ccccc2n1C. The Balaban J connectivity index is 2.39. The van der Waals surface area contributed by atoms with E-state index >= 15 is 0 Å². The van der Waals surface area contributed by atoms with Crippen LogP contribution in [0.1, 0.15) is 39.5 Å². The smallest absolute Gasteiger partial charge is 0.211 e. The molecule has 3 nitrogen and oxygen atoms in total. The molecular weight excluding hydrogens is 254 g/mol. The Morgan fingerprint density at radius 1 is 1.16 bits per heavy atom. The van der Waals surface area contributed by atoms with Crippen molar-refractivity contribution in [3.63, 3.8) is 0 Å². The van der Waals surface area contributed by atoms with Gasteiger partial charge in [-0.1, -0.05) is 50.2 Å². The maximum Gasteiger partial charge on any atom is 0.211 e. The number of thiazole rings is 1. The van der Waals surface area contributed by atoms with E-state index in [0.29, 0.717) is 0 Å². The van der Waals surface area contributed by atoms with Gasteiger partial charge in [-0.3, -0.25) is 0 Å². The molecule has 0 unspecified atom stereocenters. The number of rotatable bonds is 5. The van der Waals surface area contributed by atoms with Crippen LogP contribution in [0.25, 0.3) is 10.2 Å². The molecule has 0 saturated heterocycles. The minimum Gasteiger partial charge on any atom is -0.318 e. The van der Waals surface area contributed by atoms with Gasteiger partial charge in [0.25, 0.3) is 0 Å². The van der Waals surface area contributed by atoms with Crippen LogP contribution < -0.4 is 4.80 Å². The van der Waals surface area contributed by atoms with Crippen molar-refractivity contribution in [3.05, 3.63) is 29.1 Å². The minimum absolute atomic E-state index is 0.964. The van der Waals surface area contributed by atoms with E-state index < -0.39 is 0 Å². The second kappa shape index (κ2) is 6.66. The molecule has 0 amide bonds. The van der Waals surface area contributed by atoms with Crippen molar-refractivity contribution in [2.45, 2.75) is 39.5 Å². The van der Waals surface area contributed by atoms with E-state index in [2.05, 4.69) is 52.9 Å². The summed E-state index contributed by atoms with van der Waals surface area (Å²) in [4.78, 5) is 0.964. The lowest BCUT2D eigenvalue weighted by molar-refractivity contribution is 0.866. The Morgan fingerprint density at radius 2 is 1.84 bits per heavy atom. The molecule has 1 aromatic carbocycles. The molecule has 2 aromatic rings. The molecule has 0 aliphatic carbocycles. The average Bonchev–Trinajstić information content (AvgIpc) is 2.74. The summed E-state index contributed by atoms with van der Waals surface area (Å²) in [7, 11) is 2.05. The summed E-state index contributed by atoms with van der Waals surface area (Å²) in [6, 6.07) is 8.36. The van der Waals surface area contributed by atoms with Crippen molar-refractivity contribution in [1.82, 2.24) is 4.57 Å². The van der Waals surface area contributed by atoms with E-state index in [0.717, 1.165) is 30.5 Å². The van der Waals surface area contributed by atoms with Crippen LogP contribution in [0.5, 0.6) is 0 Å². The molecule has 2 rings (SSSR count). The van der Waals surface area contributed by atoms with Crippen molar-refractivity contribution in [2.75, 3.05) is 0 Å². The maximum atomic E-state index is 4.46. The Morgan fingerprint density at radius 3 is 2.47 bits per heavy atom. The highest BCUT2D eigenvalue weighted by atomic mass is 32.1. The molecule has 0 saturated carbocycles. The van der Waals surface area contributed by atoms with Crippen molar-refractivity contribution in [3.8, 4) is 0 Å². The van der Waals surface area contributed by atoms with Crippen molar-refractivity contribution in [1.29, 1.82) is 0 Å². The van der Waals surface area contributed by atoms with Gasteiger partial charge in [0.05, 0.1) is 10.2 Å². The van der Waals surface area contributed by atoms with Crippen LogP contribution in [0.2, 0.25) is 0 Å². The third kappa shape index (κ3) is 3.32. The standard InChI is InChI=1S/C15H21N3S/c1-4-8-12(9-5-2)16-17-15-18(3)13-10-6-7-11-14(13)19-15/h6-7,10-11H,4-5,8-9H2,1-3H3/b17-15-. The van der Waals surface area contributed by atoms with E-state index in [1.807, 2.05) is 7.05 Å². The molecule has 102 valence electrons. The van der Waals surface area contributed by atoms with Gasteiger partial charge in [0.15, 0.2) is 0 Å². The van der Waals surface area contributed by atoms with Gasteiger partial charge in [0.2, 0.25) is 4.80 Å². The first-order valence-electron chi connectivity index (χ1n) is 6.90. The highest BCUT2D eigenvalue weighted by molar-refractivity contribution is 7.16. The van der Waals surface area contributed by atoms with Crippen LogP contribution in [-0.4, -0.2) is 10.3 Å². The van der Waals surface area contributed by atoms with E-state index in [9.17, 15) is 0 Å². The van der Waals surface area contributed by atoms with Crippen LogP contribution in [0.4, 0.5) is 0 Å². The van der Waals surface area contributed by atoms with E-state index in [1.165, 1.54) is 15.9 Å². The van der Waals surface area contributed by atoms with Gasteiger partial charge in [-0.25, -0.2) is 0 Å². The average molecular weight is 275 g/mol. The molecular formula is C15H21N3S. The number of aromatic nitrogens is 1. The molecule has 0 aliphatic rings. The van der Waals surface area contributed by atoms with Crippen LogP contribution in [-0.2, 0) is 7.05 Å². The number of hydrogen-bond acceptors (Lipinski definition) is 3. The van der Waals surface area contributed by atoms with Gasteiger partial charge in [-0.15, -0.1) is 5.10 Å². The fourth-order valence-corrected chi connectivity index (χ4v) is 3.06. The number of hydrogen-bond donors (Lipinski definition) is 0. The molecule has 0 atom stereocenters. The largest absolute Gasteiger partial charge is 0.318 e. The lowest BCUT2D eigenvalue weighted by Crippen LogP contribution is -2.09. The Kier molecular flexibility index (Phi) is 4.91. The summed E-state index contributed by atoms with van der Waals surface area (Å²) in [5, 5.41) is 8.91. The molecule has 0 radical (unpaired) electrons. The molecule has 0 spiro atoms. The number of nitrogens with zero attached hydrogens (tertiary/aromatic N) is 3. The quantitative estimate of drug-likeness (QED) is 0.581. The highest BCUT2D eigenvalue weighted by Crippen LogP contribution is 2.15. The first-order chi connectivity index (χ1) is 9.26. The zero-order valence-corrected chi connectivity index (χ0v) is 12.7. The van der Waals surface area contributed by atoms with Gasteiger partial charge in [0, 0.05) is 12.8 Å². The van der Waals surface area contributed by atoms with Crippen LogP contribution in [0.3, 0.4) is 0 Å². The predicted octanol–water partition coefficient (Wildman–Crippen LogP) is 4.10. The zero-order chi connectivity index (χ0) is 13.7. The summed E-state index contributed by atoms with van der Waals surface area (Å²) in [5.41, 5.74) is 2.43. The summed E-state index contributed by atoms with van der Waals surface area (Å²) in [5.74, 6) is 0. The first kappa shape index (κ1) is 14.0. The highest BCUT2D eigenvalue weighted by Gasteiger charge is 2.01. The van der Waals surface area contributed by atoms with Crippen LogP contribution >= 0.6 is 11.3 Å². The van der Waals surface area contributed by atoms with Gasteiger partial charge >= 0.3 is 0 Å². The van der Waals surface area contributed by atoms with E-state index in [-0.39, 0.29) is 0 Å². The minimum atomic E-state index is 0.964. The zero-order valence-electron chi connectivity index (χ0n) is 11.9. The van der Waals surface area contributed by atoms with E-state index in [4.69, 9.17) is 0 Å². The molecule has 4 heteroatoms. The molecule has 0 fully saturated rings. The topological polar surface area (TPSA) is 29.6 Å². The lowest BCUT2D eigenvalue weighted by Gasteiger charge is -1.99. The second-order valence-electron chi connectivity index (χ2n) is 4.68. The Hall–Kier alpha value is -1.42. The summed E-state index contributed by atoms with van der Waals surface area (Å²) >= 11 is 1.69. The number of aryl methyl sites for hydroxylation is 1. The third-order valence-electron chi connectivity index (χ3n) is 3.07. The normalized spacial score (nSPS) is 12.1. The van der Waals surface area contributed by atoms with Gasteiger partial charge in [-0.2, -0.15) is 5.10 Å². The predicted molar refractivity (Wildman–Crippen MR) is 83.6 cm³/mol. The van der Waals surface area contributed by atoms with Gasteiger partial charge in [0.1, 0.15) is 0 Å². The molecule has 0 aliphatic heterocycles. The third-order valence-corrected chi connectivity index (χ3v) is 4.17. The Bertz CT molecular complexity index is 626. The monoisotopic (exact) mass is 275 g/mol. The second-order valence-corrected chi connectivity index (χ2v) is 5.69. The number of benzene rings is 1. The van der Waals surface area contributed by atoms with Crippen molar-refractivity contribution >= 4 is 27.3 Å². The summed E-state index contributed by atoms with van der Waals surface area (Å²) in [6.45, 7) is 4.37. The fourth-order valence-electron chi connectivity index (χ4n) is 2.09. The molecule has 0 bridgehead atoms. The molecule has 1 heterocycles. The van der Waals surface area contributed by atoms with Crippen molar-refractivity contribution < 1.29 is 0 Å². The summed E-state index contributed by atoms with van der Waals surface area (Å²) in [6.07, 6.45) is 4.36. The maximum absolute atomic E-state index is 4.46. The molecule has 1 aromatic heterocycles. The molecule has 0 N–H and O–H groups in total. The Labute approximate surface area is 118 Å². The van der Waals surface area contributed by atoms with Gasteiger partial charge < -0.3 is 4.57 Å². The number of fused-ring (bicyclic) bond motifs is 1. The van der Waals surface area contributed by atoms with E-state index in [1.54, 1.807) is 11.3 Å². The van der Waals surface area contributed by atoms with Gasteiger partial charge in [-0.05, 0) is 25.0 Å². The number of para-hydroxylation sites is 1. The van der Waals surface area contributed by atoms with Crippen LogP contribution in [0, 0.1) is 0 Å². The van der Waals surface area contributed by atoms with Crippen LogP contribution in [0.15, 0.2) is 34.5 Å². The molecule has 19 heavy (non-hydrogen) atoms. The fraction of sp³-hybridized carbons (Fsp3) is 0.467. The van der Waals surface area contributed by atoms with Crippen molar-refractivity contribution in [2.24, 2.45) is 17.3 Å². The summed E-state index contributed by atoms with van der Waals surface area (Å²) < 4.78 is 3.37. The lowest BCUT2D eigenvalue weighted by atomic mass is 10.1. The first-order valence-corrected chi connectivity index (χ1v) is 7.72.